The molecule has 0 radical (unpaired) electrons. The van der Waals surface area contributed by atoms with Crippen molar-refractivity contribution in [3.63, 3.8) is 0 Å². The van der Waals surface area contributed by atoms with Crippen molar-refractivity contribution in [3.05, 3.63) is 0 Å². The molecule has 0 atom stereocenters. The molecule has 1 heterocycles. The molecule has 1 fully saturated rings. The van der Waals surface area contributed by atoms with Crippen LogP contribution in [0, 0.1) is 5.92 Å². The molecule has 0 aliphatic carbocycles. The minimum atomic E-state index is -0.789. The molecule has 0 aromatic carbocycles. The molecule has 0 bridgehead atoms. The van der Waals surface area contributed by atoms with Gasteiger partial charge in [-0.3, -0.25) is 9.59 Å². The number of carboxylic acids is 1. The molecule has 5 heteroatoms. The number of likely N-dealkylation sites (N-methyl/N-ethyl adjacent to an activating group) is 1. The Kier molecular flexibility index (Phi) is 3.91. The first-order valence-corrected chi connectivity index (χ1v) is 5.63. The molecule has 16 heavy (non-hydrogen) atoms. The smallest absolute Gasteiger partial charge is 0.303 e. The van der Waals surface area contributed by atoms with E-state index in [4.69, 9.17) is 5.11 Å². The van der Waals surface area contributed by atoms with Gasteiger partial charge < -0.3 is 15.3 Å². The highest BCUT2D eigenvalue weighted by molar-refractivity contribution is 5.86. The summed E-state index contributed by atoms with van der Waals surface area (Å²) >= 11 is 0. The third-order valence-corrected chi connectivity index (χ3v) is 2.86. The van der Waals surface area contributed by atoms with E-state index in [-0.39, 0.29) is 18.2 Å². The van der Waals surface area contributed by atoms with E-state index in [0.717, 1.165) is 6.54 Å². The number of carbonyl (C=O) groups is 2. The van der Waals surface area contributed by atoms with Crippen LogP contribution >= 0.6 is 0 Å². The molecule has 1 aliphatic heterocycles. The summed E-state index contributed by atoms with van der Waals surface area (Å²) in [5, 5.41) is 11.7. The molecule has 1 amide bonds. The maximum atomic E-state index is 12.0. The van der Waals surface area contributed by atoms with Gasteiger partial charge in [-0.05, 0) is 20.4 Å². The molecule has 0 aromatic rings. The lowest BCUT2D eigenvalue weighted by molar-refractivity contribution is -0.148. The summed E-state index contributed by atoms with van der Waals surface area (Å²) in [6, 6.07) is 0. The number of nitrogens with zero attached hydrogens (tertiary/aromatic N) is 1. The average molecular weight is 228 g/mol. The van der Waals surface area contributed by atoms with Crippen molar-refractivity contribution >= 4 is 11.9 Å². The first-order chi connectivity index (χ1) is 7.36. The van der Waals surface area contributed by atoms with Crippen LogP contribution in [0.15, 0.2) is 0 Å². The number of likely N-dealkylation sites (tertiary alicyclic amines) is 1. The van der Waals surface area contributed by atoms with Gasteiger partial charge in [0.15, 0.2) is 0 Å². The Hall–Kier alpha value is -1.10. The number of hydrogen-bond donors (Lipinski definition) is 2. The Bertz CT molecular complexity index is 283. The molecule has 2 N–H and O–H groups in total. The monoisotopic (exact) mass is 228 g/mol. The minimum Gasteiger partial charge on any atom is -0.481 e. The van der Waals surface area contributed by atoms with Crippen LogP contribution in [-0.4, -0.2) is 47.1 Å². The van der Waals surface area contributed by atoms with Crippen LogP contribution in [0.4, 0.5) is 0 Å². The third-order valence-electron chi connectivity index (χ3n) is 2.86. The lowest BCUT2D eigenvalue weighted by atomic mass is 9.92. The molecule has 0 unspecified atom stereocenters. The lowest BCUT2D eigenvalue weighted by Crippen LogP contribution is -2.60. The van der Waals surface area contributed by atoms with E-state index in [1.54, 1.807) is 4.90 Å². The standard InChI is InChI=1S/C11H20N2O3/c1-4-12-11(2,3)10(16)13-6-8(7-13)5-9(14)15/h8,12H,4-7H2,1-3H3,(H,14,15). The molecule has 5 nitrogen and oxygen atoms in total. The number of carboxylic acid groups (broad SMARTS) is 1. The van der Waals surface area contributed by atoms with Gasteiger partial charge in [-0.1, -0.05) is 6.92 Å². The zero-order valence-corrected chi connectivity index (χ0v) is 10.1. The normalized spacial score (nSPS) is 17.1. The zero-order valence-electron chi connectivity index (χ0n) is 10.1. The fourth-order valence-corrected chi connectivity index (χ4v) is 2.02. The second kappa shape index (κ2) is 4.82. The Morgan fingerprint density at radius 3 is 2.44 bits per heavy atom. The van der Waals surface area contributed by atoms with Gasteiger partial charge in [-0.15, -0.1) is 0 Å². The fourth-order valence-electron chi connectivity index (χ4n) is 2.02. The highest BCUT2D eigenvalue weighted by Crippen LogP contribution is 2.22. The molecule has 1 saturated heterocycles. The number of aliphatic carboxylic acids is 1. The second-order valence-electron chi connectivity index (χ2n) is 4.83. The minimum absolute atomic E-state index is 0.0518. The van der Waals surface area contributed by atoms with Crippen molar-refractivity contribution in [2.24, 2.45) is 5.92 Å². The van der Waals surface area contributed by atoms with Gasteiger partial charge in [0.25, 0.3) is 0 Å². The Morgan fingerprint density at radius 2 is 2.00 bits per heavy atom. The van der Waals surface area contributed by atoms with Crippen molar-refractivity contribution in [2.45, 2.75) is 32.7 Å². The first kappa shape index (κ1) is 13.0. The van der Waals surface area contributed by atoms with E-state index in [2.05, 4.69) is 5.32 Å². The van der Waals surface area contributed by atoms with E-state index in [1.807, 2.05) is 20.8 Å². The summed E-state index contributed by atoms with van der Waals surface area (Å²) in [6.45, 7) is 7.54. The quantitative estimate of drug-likeness (QED) is 0.710. The topological polar surface area (TPSA) is 69.6 Å². The first-order valence-electron chi connectivity index (χ1n) is 5.63. The number of nitrogens with one attached hydrogen (secondary N) is 1. The number of hydrogen-bond acceptors (Lipinski definition) is 3. The lowest BCUT2D eigenvalue weighted by Gasteiger charge is -2.42. The number of carbonyl (C=O) groups excluding carboxylic acids is 1. The van der Waals surface area contributed by atoms with Gasteiger partial charge in [0.05, 0.1) is 12.0 Å². The second-order valence-corrected chi connectivity index (χ2v) is 4.83. The average Bonchev–Trinajstić information content (AvgIpc) is 2.09. The van der Waals surface area contributed by atoms with Crippen molar-refractivity contribution < 1.29 is 14.7 Å². The van der Waals surface area contributed by atoms with Crippen LogP contribution in [0.2, 0.25) is 0 Å². The van der Waals surface area contributed by atoms with Gasteiger partial charge in [-0.25, -0.2) is 0 Å². The zero-order chi connectivity index (χ0) is 12.3. The highest BCUT2D eigenvalue weighted by atomic mass is 16.4. The van der Waals surface area contributed by atoms with Crippen molar-refractivity contribution in [1.82, 2.24) is 10.2 Å². The van der Waals surface area contributed by atoms with Crippen molar-refractivity contribution in [1.29, 1.82) is 0 Å². The predicted octanol–water partition coefficient (Wildman–Crippen LogP) is 0.308. The molecule has 92 valence electrons. The summed E-state index contributed by atoms with van der Waals surface area (Å²) < 4.78 is 0. The van der Waals surface area contributed by atoms with Gasteiger partial charge in [0, 0.05) is 19.0 Å². The molecule has 0 aromatic heterocycles. The Morgan fingerprint density at radius 1 is 1.44 bits per heavy atom. The van der Waals surface area contributed by atoms with Gasteiger partial charge in [0.2, 0.25) is 5.91 Å². The van der Waals surface area contributed by atoms with E-state index < -0.39 is 11.5 Å². The van der Waals surface area contributed by atoms with E-state index in [9.17, 15) is 9.59 Å². The molecule has 0 spiro atoms. The Labute approximate surface area is 95.8 Å². The van der Waals surface area contributed by atoms with Crippen LogP contribution in [0.5, 0.6) is 0 Å². The summed E-state index contributed by atoms with van der Waals surface area (Å²) in [5.41, 5.74) is -0.553. The summed E-state index contributed by atoms with van der Waals surface area (Å²) in [7, 11) is 0. The maximum absolute atomic E-state index is 12.0. The summed E-state index contributed by atoms with van der Waals surface area (Å²) in [6.07, 6.45) is 0.158. The molecule has 0 saturated carbocycles. The highest BCUT2D eigenvalue weighted by Gasteiger charge is 2.38. The summed E-state index contributed by atoms with van der Waals surface area (Å²) in [5.74, 6) is -0.613. The largest absolute Gasteiger partial charge is 0.481 e. The molecule has 1 aliphatic rings. The van der Waals surface area contributed by atoms with E-state index in [0.29, 0.717) is 13.1 Å². The molecule has 1 rings (SSSR count). The Balaban J connectivity index is 2.39. The van der Waals surface area contributed by atoms with E-state index >= 15 is 0 Å². The van der Waals surface area contributed by atoms with E-state index in [1.165, 1.54) is 0 Å². The predicted molar refractivity (Wildman–Crippen MR) is 60.1 cm³/mol. The number of rotatable bonds is 5. The van der Waals surface area contributed by atoms with Crippen LogP contribution in [-0.2, 0) is 9.59 Å². The van der Waals surface area contributed by atoms with Gasteiger partial charge >= 0.3 is 5.97 Å². The van der Waals surface area contributed by atoms with Crippen LogP contribution in [0.1, 0.15) is 27.2 Å². The van der Waals surface area contributed by atoms with Gasteiger partial charge in [-0.2, -0.15) is 0 Å². The molecular weight excluding hydrogens is 208 g/mol. The SMILES string of the molecule is CCNC(C)(C)C(=O)N1CC(CC(=O)O)C1. The summed E-state index contributed by atoms with van der Waals surface area (Å²) in [4.78, 5) is 24.2. The van der Waals surface area contributed by atoms with Crippen molar-refractivity contribution in [2.75, 3.05) is 19.6 Å². The third kappa shape index (κ3) is 2.95. The fraction of sp³-hybridized carbons (Fsp3) is 0.818. The molecular formula is C11H20N2O3. The van der Waals surface area contributed by atoms with Crippen LogP contribution in [0.3, 0.4) is 0 Å². The maximum Gasteiger partial charge on any atom is 0.303 e. The van der Waals surface area contributed by atoms with Gasteiger partial charge in [0.1, 0.15) is 0 Å². The van der Waals surface area contributed by atoms with Crippen molar-refractivity contribution in [3.8, 4) is 0 Å². The van der Waals surface area contributed by atoms with Crippen LogP contribution < -0.4 is 5.32 Å². The number of amides is 1. The van der Waals surface area contributed by atoms with Crippen LogP contribution in [0.25, 0.3) is 0 Å².